The Morgan fingerprint density at radius 2 is 1.39 bits per heavy atom. The fraction of sp³-hybridized carbons (Fsp3) is 0.333. The summed E-state index contributed by atoms with van der Waals surface area (Å²) in [4.78, 5) is 29.2. The Labute approximate surface area is 195 Å². The first kappa shape index (κ1) is 23.0. The van der Waals surface area contributed by atoms with E-state index in [1.165, 1.54) is 10.8 Å². The Balaban J connectivity index is 1.19. The van der Waals surface area contributed by atoms with Gasteiger partial charge in [0.15, 0.2) is 0 Å². The number of amides is 2. The standard InChI is InChI=1S/C27H32N4O2/c1-21(24-13-7-11-23-10-5-6-12-25(23)24)29-27(33)20-31-16-14-30(15-17-31)19-26(32)28-18-22-8-3-2-4-9-22/h2-13,21H,14-20H2,1H3,(H,28,32)(H,29,33)/t21-/m1/s1. The van der Waals surface area contributed by atoms with Crippen LogP contribution in [0.1, 0.15) is 24.1 Å². The van der Waals surface area contributed by atoms with E-state index in [1.54, 1.807) is 0 Å². The number of carbonyl (C=O) groups excluding carboxylic acids is 2. The van der Waals surface area contributed by atoms with Gasteiger partial charge < -0.3 is 10.6 Å². The Hall–Kier alpha value is -3.22. The molecule has 6 heteroatoms. The van der Waals surface area contributed by atoms with Crippen molar-refractivity contribution in [2.24, 2.45) is 0 Å². The molecule has 0 aromatic heterocycles. The molecule has 1 heterocycles. The van der Waals surface area contributed by atoms with E-state index in [0.717, 1.165) is 37.3 Å². The Morgan fingerprint density at radius 3 is 2.12 bits per heavy atom. The van der Waals surface area contributed by atoms with Crippen molar-refractivity contribution in [3.05, 3.63) is 83.9 Å². The fourth-order valence-electron chi connectivity index (χ4n) is 4.36. The molecule has 4 rings (SSSR count). The lowest BCUT2D eigenvalue weighted by molar-refractivity contribution is -0.125. The van der Waals surface area contributed by atoms with Gasteiger partial charge in [0.2, 0.25) is 11.8 Å². The molecule has 0 bridgehead atoms. The van der Waals surface area contributed by atoms with E-state index >= 15 is 0 Å². The molecule has 1 fully saturated rings. The Bertz CT molecular complexity index is 1070. The van der Waals surface area contributed by atoms with Gasteiger partial charge in [-0.25, -0.2) is 0 Å². The van der Waals surface area contributed by atoms with Gasteiger partial charge in [-0.15, -0.1) is 0 Å². The van der Waals surface area contributed by atoms with Crippen LogP contribution in [0.3, 0.4) is 0 Å². The lowest BCUT2D eigenvalue weighted by Crippen LogP contribution is -2.51. The molecule has 2 amide bonds. The van der Waals surface area contributed by atoms with Gasteiger partial charge in [0.05, 0.1) is 19.1 Å². The molecular formula is C27H32N4O2. The maximum Gasteiger partial charge on any atom is 0.234 e. The normalized spacial score (nSPS) is 15.8. The Morgan fingerprint density at radius 1 is 0.788 bits per heavy atom. The number of nitrogens with zero attached hydrogens (tertiary/aromatic N) is 2. The molecule has 2 N–H and O–H groups in total. The van der Waals surface area contributed by atoms with Crippen molar-refractivity contribution < 1.29 is 9.59 Å². The number of fused-ring (bicyclic) bond motifs is 1. The molecule has 1 aliphatic rings. The third-order valence-electron chi connectivity index (χ3n) is 6.20. The summed E-state index contributed by atoms with van der Waals surface area (Å²) in [6, 6.07) is 24.3. The largest absolute Gasteiger partial charge is 0.351 e. The lowest BCUT2D eigenvalue weighted by atomic mass is 10.00. The zero-order chi connectivity index (χ0) is 23.0. The summed E-state index contributed by atoms with van der Waals surface area (Å²) in [6.07, 6.45) is 0. The van der Waals surface area contributed by atoms with Crippen LogP contribution in [0.5, 0.6) is 0 Å². The first-order valence-electron chi connectivity index (χ1n) is 11.6. The van der Waals surface area contributed by atoms with Crippen molar-refractivity contribution in [3.63, 3.8) is 0 Å². The fourth-order valence-corrected chi connectivity index (χ4v) is 4.36. The number of hydrogen-bond donors (Lipinski definition) is 2. The smallest absolute Gasteiger partial charge is 0.234 e. The van der Waals surface area contributed by atoms with Crippen LogP contribution < -0.4 is 10.6 Å². The quantitative estimate of drug-likeness (QED) is 0.561. The highest BCUT2D eigenvalue weighted by Crippen LogP contribution is 2.24. The summed E-state index contributed by atoms with van der Waals surface area (Å²) in [6.45, 7) is 6.48. The van der Waals surface area contributed by atoms with Crippen molar-refractivity contribution >= 4 is 22.6 Å². The molecule has 6 nitrogen and oxygen atoms in total. The molecule has 1 atom stereocenters. The summed E-state index contributed by atoms with van der Waals surface area (Å²) in [7, 11) is 0. The van der Waals surface area contributed by atoms with Crippen LogP contribution in [0.2, 0.25) is 0 Å². The minimum Gasteiger partial charge on any atom is -0.351 e. The molecule has 0 unspecified atom stereocenters. The molecule has 3 aromatic rings. The molecule has 0 saturated carbocycles. The van der Waals surface area contributed by atoms with E-state index in [2.05, 4.69) is 44.7 Å². The van der Waals surface area contributed by atoms with Crippen LogP contribution in [0.15, 0.2) is 72.8 Å². The summed E-state index contributed by atoms with van der Waals surface area (Å²) < 4.78 is 0. The van der Waals surface area contributed by atoms with E-state index < -0.39 is 0 Å². The first-order chi connectivity index (χ1) is 16.1. The average Bonchev–Trinajstić information content (AvgIpc) is 2.84. The van der Waals surface area contributed by atoms with E-state index in [4.69, 9.17) is 0 Å². The molecular weight excluding hydrogens is 412 g/mol. The number of nitrogens with one attached hydrogen (secondary N) is 2. The van der Waals surface area contributed by atoms with Crippen LogP contribution in [0.4, 0.5) is 0 Å². The van der Waals surface area contributed by atoms with E-state index in [9.17, 15) is 9.59 Å². The SMILES string of the molecule is C[C@@H](NC(=O)CN1CCN(CC(=O)NCc2ccccc2)CC1)c1cccc2ccccc12. The summed E-state index contributed by atoms with van der Waals surface area (Å²) in [5.41, 5.74) is 2.23. The second kappa shape index (κ2) is 11.1. The lowest BCUT2D eigenvalue weighted by Gasteiger charge is -2.34. The second-order valence-electron chi connectivity index (χ2n) is 8.67. The predicted molar refractivity (Wildman–Crippen MR) is 132 cm³/mol. The molecule has 1 aliphatic heterocycles. The Kier molecular flexibility index (Phi) is 7.70. The van der Waals surface area contributed by atoms with Crippen LogP contribution in [0, 0.1) is 0 Å². The van der Waals surface area contributed by atoms with Crippen molar-refractivity contribution in [2.45, 2.75) is 19.5 Å². The third-order valence-corrected chi connectivity index (χ3v) is 6.20. The van der Waals surface area contributed by atoms with E-state index in [-0.39, 0.29) is 17.9 Å². The van der Waals surface area contributed by atoms with Crippen LogP contribution >= 0.6 is 0 Å². The summed E-state index contributed by atoms with van der Waals surface area (Å²) >= 11 is 0. The van der Waals surface area contributed by atoms with Crippen LogP contribution in [0.25, 0.3) is 10.8 Å². The highest BCUT2D eigenvalue weighted by atomic mass is 16.2. The van der Waals surface area contributed by atoms with E-state index in [1.807, 2.05) is 55.5 Å². The number of piperazine rings is 1. The second-order valence-corrected chi connectivity index (χ2v) is 8.67. The van der Waals surface area contributed by atoms with Gasteiger partial charge in [0.25, 0.3) is 0 Å². The number of carbonyl (C=O) groups is 2. The third kappa shape index (κ3) is 6.40. The number of hydrogen-bond acceptors (Lipinski definition) is 4. The summed E-state index contributed by atoms with van der Waals surface area (Å²) in [5, 5.41) is 8.49. The van der Waals surface area contributed by atoms with Crippen molar-refractivity contribution in [2.75, 3.05) is 39.3 Å². The van der Waals surface area contributed by atoms with Crippen LogP contribution in [-0.2, 0) is 16.1 Å². The van der Waals surface area contributed by atoms with Crippen molar-refractivity contribution in [3.8, 4) is 0 Å². The molecule has 33 heavy (non-hydrogen) atoms. The van der Waals surface area contributed by atoms with Gasteiger partial charge in [-0.3, -0.25) is 19.4 Å². The van der Waals surface area contributed by atoms with Gasteiger partial charge in [0, 0.05) is 32.7 Å². The van der Waals surface area contributed by atoms with Gasteiger partial charge >= 0.3 is 0 Å². The van der Waals surface area contributed by atoms with Crippen LogP contribution in [-0.4, -0.2) is 60.9 Å². The summed E-state index contributed by atoms with van der Waals surface area (Å²) in [5.74, 6) is 0.0680. The molecule has 1 saturated heterocycles. The zero-order valence-corrected chi connectivity index (χ0v) is 19.2. The van der Waals surface area contributed by atoms with E-state index in [0.29, 0.717) is 19.6 Å². The first-order valence-corrected chi connectivity index (χ1v) is 11.6. The molecule has 3 aromatic carbocycles. The minimum absolute atomic E-state index is 0.0319. The van der Waals surface area contributed by atoms with Gasteiger partial charge in [-0.05, 0) is 28.8 Å². The maximum atomic E-state index is 12.7. The molecule has 0 spiro atoms. The number of benzene rings is 3. The molecule has 0 radical (unpaired) electrons. The van der Waals surface area contributed by atoms with Gasteiger partial charge in [-0.2, -0.15) is 0 Å². The number of rotatable bonds is 8. The van der Waals surface area contributed by atoms with Gasteiger partial charge in [0.1, 0.15) is 0 Å². The maximum absolute atomic E-state index is 12.7. The molecule has 0 aliphatic carbocycles. The monoisotopic (exact) mass is 444 g/mol. The predicted octanol–water partition coefficient (Wildman–Crippen LogP) is 2.95. The van der Waals surface area contributed by atoms with Gasteiger partial charge in [-0.1, -0.05) is 72.8 Å². The molecule has 172 valence electrons. The van der Waals surface area contributed by atoms with Crippen molar-refractivity contribution in [1.29, 1.82) is 0 Å². The average molecular weight is 445 g/mol. The zero-order valence-electron chi connectivity index (χ0n) is 19.2. The minimum atomic E-state index is -0.0572. The highest BCUT2D eigenvalue weighted by Gasteiger charge is 2.21. The topological polar surface area (TPSA) is 64.7 Å². The highest BCUT2D eigenvalue weighted by molar-refractivity contribution is 5.87. The van der Waals surface area contributed by atoms with Crippen molar-refractivity contribution in [1.82, 2.24) is 20.4 Å².